The van der Waals surface area contributed by atoms with E-state index >= 15 is 0 Å². The summed E-state index contributed by atoms with van der Waals surface area (Å²) in [5, 5.41) is 3.48. The third-order valence-corrected chi connectivity index (χ3v) is 4.33. The number of hydrogen-bond donors (Lipinski definition) is 1. The van der Waals surface area contributed by atoms with Crippen LogP contribution in [0.5, 0.6) is 0 Å². The Kier molecular flexibility index (Phi) is 3.88. The van der Waals surface area contributed by atoms with Crippen LogP contribution < -0.4 is 5.32 Å². The minimum absolute atomic E-state index is 0.411. The van der Waals surface area contributed by atoms with Crippen LogP contribution in [0.3, 0.4) is 0 Å². The maximum absolute atomic E-state index is 3.48. The molecular weight excluding hydrogens is 242 g/mol. The molecular formula is C19H23N. The molecule has 0 amide bonds. The lowest BCUT2D eigenvalue weighted by Crippen LogP contribution is -2.17. The quantitative estimate of drug-likeness (QED) is 0.857. The second kappa shape index (κ2) is 5.80. The lowest BCUT2D eigenvalue weighted by atomic mass is 9.97. The first-order valence-corrected chi connectivity index (χ1v) is 7.73. The maximum Gasteiger partial charge on any atom is 0.0291 e. The first-order valence-electron chi connectivity index (χ1n) is 7.73. The fourth-order valence-corrected chi connectivity index (χ4v) is 3.16. The molecule has 1 heteroatoms. The van der Waals surface area contributed by atoms with Crippen LogP contribution in [0, 0.1) is 0 Å². The topological polar surface area (TPSA) is 12.0 Å². The summed E-state index contributed by atoms with van der Waals surface area (Å²) in [6, 6.07) is 16.3. The number of benzene rings is 2. The highest BCUT2D eigenvalue weighted by Crippen LogP contribution is 2.29. The van der Waals surface area contributed by atoms with E-state index in [0.717, 1.165) is 6.54 Å². The molecule has 104 valence electrons. The standard InChI is InChI=1S/C19H23N/c1-3-20-14(2)16-7-5-9-18(12-16)19-11-10-15-6-4-8-17(15)13-19/h5,7,9-14,20H,3-4,6,8H2,1-2H3. The van der Waals surface area contributed by atoms with Crippen LogP contribution in [0.15, 0.2) is 42.5 Å². The molecule has 0 saturated carbocycles. The van der Waals surface area contributed by atoms with Crippen molar-refractivity contribution in [2.75, 3.05) is 6.54 Å². The molecule has 2 aromatic rings. The van der Waals surface area contributed by atoms with Crippen molar-refractivity contribution in [3.63, 3.8) is 0 Å². The molecule has 0 spiro atoms. The minimum Gasteiger partial charge on any atom is -0.310 e. The van der Waals surface area contributed by atoms with Gasteiger partial charge in [0.05, 0.1) is 0 Å². The molecule has 1 unspecified atom stereocenters. The molecule has 0 radical (unpaired) electrons. The smallest absolute Gasteiger partial charge is 0.0291 e. The Morgan fingerprint density at radius 3 is 2.65 bits per heavy atom. The van der Waals surface area contributed by atoms with Gasteiger partial charge in [0, 0.05) is 6.04 Å². The largest absolute Gasteiger partial charge is 0.310 e. The summed E-state index contributed by atoms with van der Waals surface area (Å²) < 4.78 is 0. The first kappa shape index (κ1) is 13.4. The number of nitrogens with one attached hydrogen (secondary N) is 1. The average molecular weight is 265 g/mol. The summed E-state index contributed by atoms with van der Waals surface area (Å²) in [5.41, 5.74) is 7.15. The van der Waals surface area contributed by atoms with E-state index in [-0.39, 0.29) is 0 Å². The van der Waals surface area contributed by atoms with Gasteiger partial charge in [0.2, 0.25) is 0 Å². The number of rotatable bonds is 4. The lowest BCUT2D eigenvalue weighted by Gasteiger charge is -2.14. The Bertz CT molecular complexity index is 600. The van der Waals surface area contributed by atoms with E-state index < -0.39 is 0 Å². The van der Waals surface area contributed by atoms with Crippen LogP contribution in [-0.2, 0) is 12.8 Å². The molecule has 2 aromatic carbocycles. The van der Waals surface area contributed by atoms with Crippen LogP contribution in [0.25, 0.3) is 11.1 Å². The van der Waals surface area contributed by atoms with Crippen molar-refractivity contribution in [2.45, 2.75) is 39.2 Å². The van der Waals surface area contributed by atoms with Crippen molar-refractivity contribution in [3.8, 4) is 11.1 Å². The van der Waals surface area contributed by atoms with Gasteiger partial charge in [0.15, 0.2) is 0 Å². The summed E-state index contributed by atoms with van der Waals surface area (Å²) in [7, 11) is 0. The Labute approximate surface area is 122 Å². The van der Waals surface area contributed by atoms with Gasteiger partial charge in [0.25, 0.3) is 0 Å². The van der Waals surface area contributed by atoms with Gasteiger partial charge in [-0.25, -0.2) is 0 Å². The molecule has 1 N–H and O–H groups in total. The maximum atomic E-state index is 3.48. The van der Waals surface area contributed by atoms with E-state index in [1.165, 1.54) is 36.0 Å². The zero-order valence-electron chi connectivity index (χ0n) is 12.4. The minimum atomic E-state index is 0.411. The van der Waals surface area contributed by atoms with E-state index in [1.807, 2.05) is 0 Å². The van der Waals surface area contributed by atoms with Crippen molar-refractivity contribution in [2.24, 2.45) is 0 Å². The molecule has 20 heavy (non-hydrogen) atoms. The normalized spacial score (nSPS) is 15.1. The highest BCUT2D eigenvalue weighted by molar-refractivity contribution is 5.66. The predicted octanol–water partition coefficient (Wildman–Crippen LogP) is 4.51. The second-order valence-corrected chi connectivity index (χ2v) is 5.74. The van der Waals surface area contributed by atoms with Crippen molar-refractivity contribution in [1.82, 2.24) is 5.32 Å². The molecule has 0 aromatic heterocycles. The molecule has 0 fully saturated rings. The SMILES string of the molecule is CCNC(C)c1cccc(-c2ccc3c(c2)CCC3)c1. The van der Waals surface area contributed by atoms with Crippen molar-refractivity contribution in [3.05, 3.63) is 59.2 Å². The highest BCUT2D eigenvalue weighted by atomic mass is 14.9. The molecule has 1 atom stereocenters. The number of fused-ring (bicyclic) bond motifs is 1. The summed E-state index contributed by atoms with van der Waals surface area (Å²) in [5.74, 6) is 0. The average Bonchev–Trinajstić information content (AvgIpc) is 2.95. The van der Waals surface area contributed by atoms with Gasteiger partial charge < -0.3 is 5.32 Å². The fourth-order valence-electron chi connectivity index (χ4n) is 3.16. The summed E-state index contributed by atoms with van der Waals surface area (Å²) in [6.07, 6.45) is 3.82. The summed E-state index contributed by atoms with van der Waals surface area (Å²) >= 11 is 0. The molecule has 0 aliphatic heterocycles. The third-order valence-electron chi connectivity index (χ3n) is 4.33. The van der Waals surface area contributed by atoms with Gasteiger partial charge in [-0.05, 0) is 66.6 Å². The fraction of sp³-hybridized carbons (Fsp3) is 0.368. The zero-order valence-corrected chi connectivity index (χ0v) is 12.4. The molecule has 3 rings (SSSR count). The Hall–Kier alpha value is -1.60. The summed E-state index contributed by atoms with van der Waals surface area (Å²) in [6.45, 7) is 5.39. The Balaban J connectivity index is 1.92. The van der Waals surface area contributed by atoms with Gasteiger partial charge in [-0.15, -0.1) is 0 Å². The van der Waals surface area contributed by atoms with Crippen molar-refractivity contribution in [1.29, 1.82) is 0 Å². The van der Waals surface area contributed by atoms with Crippen LogP contribution in [0.2, 0.25) is 0 Å². The van der Waals surface area contributed by atoms with Crippen LogP contribution >= 0.6 is 0 Å². The van der Waals surface area contributed by atoms with E-state index in [2.05, 4.69) is 61.6 Å². The third kappa shape index (κ3) is 2.64. The van der Waals surface area contributed by atoms with E-state index in [9.17, 15) is 0 Å². The predicted molar refractivity (Wildman–Crippen MR) is 86.0 cm³/mol. The van der Waals surface area contributed by atoms with Crippen molar-refractivity contribution >= 4 is 0 Å². The van der Waals surface area contributed by atoms with E-state index in [1.54, 1.807) is 11.1 Å². The lowest BCUT2D eigenvalue weighted by molar-refractivity contribution is 0.598. The van der Waals surface area contributed by atoms with Gasteiger partial charge in [-0.2, -0.15) is 0 Å². The Morgan fingerprint density at radius 2 is 1.80 bits per heavy atom. The molecule has 0 bridgehead atoms. The summed E-state index contributed by atoms with van der Waals surface area (Å²) in [4.78, 5) is 0. The van der Waals surface area contributed by atoms with Crippen LogP contribution in [0.4, 0.5) is 0 Å². The number of hydrogen-bond acceptors (Lipinski definition) is 1. The molecule has 1 nitrogen and oxygen atoms in total. The van der Waals surface area contributed by atoms with E-state index in [4.69, 9.17) is 0 Å². The molecule has 1 aliphatic rings. The van der Waals surface area contributed by atoms with E-state index in [0.29, 0.717) is 6.04 Å². The second-order valence-electron chi connectivity index (χ2n) is 5.74. The molecule has 1 aliphatic carbocycles. The Morgan fingerprint density at radius 1 is 1.00 bits per heavy atom. The highest BCUT2D eigenvalue weighted by Gasteiger charge is 2.12. The van der Waals surface area contributed by atoms with Gasteiger partial charge in [0.1, 0.15) is 0 Å². The number of aryl methyl sites for hydroxylation is 2. The van der Waals surface area contributed by atoms with Gasteiger partial charge in [-0.3, -0.25) is 0 Å². The molecule has 0 heterocycles. The zero-order chi connectivity index (χ0) is 13.9. The van der Waals surface area contributed by atoms with Gasteiger partial charge in [-0.1, -0.05) is 43.3 Å². The van der Waals surface area contributed by atoms with Crippen molar-refractivity contribution < 1.29 is 0 Å². The van der Waals surface area contributed by atoms with Gasteiger partial charge >= 0.3 is 0 Å². The van der Waals surface area contributed by atoms with Crippen LogP contribution in [0.1, 0.15) is 43.0 Å². The van der Waals surface area contributed by atoms with Crippen LogP contribution in [-0.4, -0.2) is 6.54 Å². The first-order chi connectivity index (χ1) is 9.78. The molecule has 0 saturated heterocycles. The monoisotopic (exact) mass is 265 g/mol.